The summed E-state index contributed by atoms with van der Waals surface area (Å²) >= 11 is 0. The fourth-order valence-electron chi connectivity index (χ4n) is 2.99. The van der Waals surface area contributed by atoms with Crippen LogP contribution in [0.1, 0.15) is 27.3 Å². The predicted molar refractivity (Wildman–Crippen MR) is 108 cm³/mol. The Kier molecular flexibility index (Phi) is 6.28. The largest absolute Gasteiger partial charge is 0.435 e. The predicted octanol–water partition coefficient (Wildman–Crippen LogP) is 3.75. The molecular formula is C21H19F4N5O2. The molecule has 0 saturated heterocycles. The number of likely N-dealkylation sites (N-methyl/N-ethyl adjacent to an activating group) is 1. The fourth-order valence-corrected chi connectivity index (χ4v) is 2.99. The number of hydrogen-bond acceptors (Lipinski definition) is 4. The van der Waals surface area contributed by atoms with E-state index in [1.807, 2.05) is 19.9 Å². The molecule has 0 aliphatic carbocycles. The standard InChI is InChI=1S/C21H19F4N5O2/c1-12-5-4-6-16(13(12)2)26-17(31)11-29(3)20(32)18-19(21(23,24)25)30(28-27-18)15-9-7-14(22)8-10-15/h4-10H,11H2,1-3H3,(H,26,31). The Balaban J connectivity index is 1.84. The van der Waals surface area contributed by atoms with E-state index in [9.17, 15) is 27.2 Å². The Bertz CT molecular complexity index is 1160. The molecule has 1 heterocycles. The van der Waals surface area contributed by atoms with E-state index in [0.717, 1.165) is 40.3 Å². The molecule has 2 aromatic carbocycles. The first-order chi connectivity index (χ1) is 15.0. The van der Waals surface area contributed by atoms with Crippen LogP contribution in [0, 0.1) is 19.7 Å². The summed E-state index contributed by atoms with van der Waals surface area (Å²) in [5.74, 6) is -2.37. The van der Waals surface area contributed by atoms with E-state index in [1.165, 1.54) is 7.05 Å². The van der Waals surface area contributed by atoms with Crippen LogP contribution in [0.2, 0.25) is 0 Å². The first-order valence-electron chi connectivity index (χ1n) is 9.39. The topological polar surface area (TPSA) is 80.1 Å². The average Bonchev–Trinajstić information content (AvgIpc) is 3.17. The highest BCUT2D eigenvalue weighted by atomic mass is 19.4. The van der Waals surface area contributed by atoms with Crippen LogP contribution in [0.25, 0.3) is 5.69 Å². The summed E-state index contributed by atoms with van der Waals surface area (Å²) in [4.78, 5) is 25.9. The van der Waals surface area contributed by atoms with Crippen LogP contribution in [-0.2, 0) is 11.0 Å². The minimum Gasteiger partial charge on any atom is -0.331 e. The summed E-state index contributed by atoms with van der Waals surface area (Å²) < 4.78 is 54.8. The summed E-state index contributed by atoms with van der Waals surface area (Å²) in [7, 11) is 1.18. The molecule has 3 rings (SSSR count). The Hall–Kier alpha value is -3.76. The number of benzene rings is 2. The maximum atomic E-state index is 13.7. The molecule has 0 saturated carbocycles. The highest BCUT2D eigenvalue weighted by Crippen LogP contribution is 2.33. The summed E-state index contributed by atoms with van der Waals surface area (Å²) in [6.45, 7) is 3.17. The lowest BCUT2D eigenvalue weighted by Gasteiger charge is -2.18. The van der Waals surface area contributed by atoms with Crippen LogP contribution < -0.4 is 5.32 Å². The molecule has 32 heavy (non-hydrogen) atoms. The van der Waals surface area contributed by atoms with E-state index < -0.39 is 41.7 Å². The second-order valence-electron chi connectivity index (χ2n) is 7.13. The molecule has 0 atom stereocenters. The third-order valence-electron chi connectivity index (χ3n) is 4.82. The van der Waals surface area contributed by atoms with Gasteiger partial charge in [0.15, 0.2) is 11.4 Å². The van der Waals surface area contributed by atoms with E-state index in [1.54, 1.807) is 12.1 Å². The van der Waals surface area contributed by atoms with Crippen molar-refractivity contribution in [3.63, 3.8) is 0 Å². The van der Waals surface area contributed by atoms with Crippen LogP contribution in [0.4, 0.5) is 23.2 Å². The van der Waals surface area contributed by atoms with Gasteiger partial charge in [-0.3, -0.25) is 9.59 Å². The van der Waals surface area contributed by atoms with E-state index in [2.05, 4.69) is 15.6 Å². The number of amides is 2. The van der Waals surface area contributed by atoms with Gasteiger partial charge in [-0.1, -0.05) is 17.3 Å². The number of rotatable bonds is 5. The molecule has 0 unspecified atom stereocenters. The van der Waals surface area contributed by atoms with Crippen molar-refractivity contribution >= 4 is 17.5 Å². The fraction of sp³-hybridized carbons (Fsp3) is 0.238. The van der Waals surface area contributed by atoms with Gasteiger partial charge < -0.3 is 10.2 Å². The summed E-state index contributed by atoms with van der Waals surface area (Å²) in [5.41, 5.74) is -0.203. The Morgan fingerprint density at radius 2 is 1.75 bits per heavy atom. The number of aromatic nitrogens is 3. The van der Waals surface area contributed by atoms with Gasteiger partial charge in [-0.2, -0.15) is 13.2 Å². The van der Waals surface area contributed by atoms with Gasteiger partial charge in [-0.05, 0) is 55.3 Å². The third kappa shape index (κ3) is 4.76. The third-order valence-corrected chi connectivity index (χ3v) is 4.82. The molecule has 1 N–H and O–H groups in total. The van der Waals surface area contributed by atoms with Crippen LogP contribution in [0.3, 0.4) is 0 Å². The molecule has 0 fully saturated rings. The number of alkyl halides is 3. The van der Waals surface area contributed by atoms with Gasteiger partial charge in [0.1, 0.15) is 5.82 Å². The molecule has 2 amide bonds. The lowest BCUT2D eigenvalue weighted by Crippen LogP contribution is -2.36. The molecule has 3 aromatic rings. The molecule has 0 radical (unpaired) electrons. The van der Waals surface area contributed by atoms with Crippen molar-refractivity contribution < 1.29 is 27.2 Å². The molecule has 0 spiro atoms. The number of hydrogen-bond donors (Lipinski definition) is 1. The monoisotopic (exact) mass is 449 g/mol. The van der Waals surface area contributed by atoms with Crippen molar-refractivity contribution in [2.75, 3.05) is 18.9 Å². The molecule has 0 aliphatic heterocycles. The summed E-state index contributed by atoms with van der Waals surface area (Å²) in [6.07, 6.45) is -4.98. The van der Waals surface area contributed by atoms with Gasteiger partial charge in [0, 0.05) is 12.7 Å². The Labute approximate surface area is 180 Å². The van der Waals surface area contributed by atoms with Crippen LogP contribution >= 0.6 is 0 Å². The van der Waals surface area contributed by atoms with Crippen LogP contribution in [-0.4, -0.2) is 45.3 Å². The second kappa shape index (κ2) is 8.77. The smallest absolute Gasteiger partial charge is 0.331 e. The van der Waals surface area contributed by atoms with Crippen molar-refractivity contribution in [2.24, 2.45) is 0 Å². The normalized spacial score (nSPS) is 11.3. The molecule has 168 valence electrons. The van der Waals surface area contributed by atoms with Crippen molar-refractivity contribution in [3.05, 3.63) is 70.8 Å². The zero-order valence-electron chi connectivity index (χ0n) is 17.4. The number of anilines is 1. The minimum absolute atomic E-state index is 0.124. The molecule has 0 bridgehead atoms. The average molecular weight is 449 g/mol. The van der Waals surface area contributed by atoms with Crippen molar-refractivity contribution in [3.8, 4) is 5.69 Å². The van der Waals surface area contributed by atoms with Gasteiger partial charge in [0.2, 0.25) is 5.91 Å². The van der Waals surface area contributed by atoms with Crippen LogP contribution in [0.5, 0.6) is 0 Å². The Morgan fingerprint density at radius 3 is 2.38 bits per heavy atom. The van der Waals surface area contributed by atoms with Crippen LogP contribution in [0.15, 0.2) is 42.5 Å². The zero-order chi connectivity index (χ0) is 23.6. The highest BCUT2D eigenvalue weighted by Gasteiger charge is 2.42. The number of nitrogens with zero attached hydrogens (tertiary/aromatic N) is 4. The van der Waals surface area contributed by atoms with E-state index in [0.29, 0.717) is 10.4 Å². The van der Waals surface area contributed by atoms with Gasteiger partial charge >= 0.3 is 6.18 Å². The van der Waals surface area contributed by atoms with Gasteiger partial charge in [0.05, 0.1) is 12.2 Å². The lowest BCUT2D eigenvalue weighted by atomic mass is 10.1. The first kappa shape index (κ1) is 22.9. The number of carbonyl (C=O) groups excluding carboxylic acids is 2. The maximum Gasteiger partial charge on any atom is 0.435 e. The van der Waals surface area contributed by atoms with E-state index in [4.69, 9.17) is 0 Å². The number of nitrogens with one attached hydrogen (secondary N) is 1. The number of carbonyl (C=O) groups is 2. The summed E-state index contributed by atoms with van der Waals surface area (Å²) in [5, 5.41) is 9.46. The molecular weight excluding hydrogens is 430 g/mol. The van der Waals surface area contributed by atoms with Crippen molar-refractivity contribution in [2.45, 2.75) is 20.0 Å². The van der Waals surface area contributed by atoms with Crippen molar-refractivity contribution in [1.82, 2.24) is 19.9 Å². The second-order valence-corrected chi connectivity index (χ2v) is 7.13. The number of aryl methyl sites for hydroxylation is 1. The van der Waals surface area contributed by atoms with Crippen molar-refractivity contribution in [1.29, 1.82) is 0 Å². The maximum absolute atomic E-state index is 13.7. The SMILES string of the molecule is Cc1cccc(NC(=O)CN(C)C(=O)c2nnn(-c3ccc(F)cc3)c2C(F)(F)F)c1C. The summed E-state index contributed by atoms with van der Waals surface area (Å²) in [6, 6.07) is 9.37. The van der Waals surface area contributed by atoms with E-state index in [-0.39, 0.29) is 5.69 Å². The Morgan fingerprint density at radius 1 is 1.09 bits per heavy atom. The number of halogens is 4. The highest BCUT2D eigenvalue weighted by molar-refractivity contribution is 5.99. The quantitative estimate of drug-likeness (QED) is 0.602. The van der Waals surface area contributed by atoms with Gasteiger partial charge in [-0.25, -0.2) is 9.07 Å². The first-order valence-corrected chi connectivity index (χ1v) is 9.39. The minimum atomic E-state index is -4.98. The molecule has 1 aromatic heterocycles. The molecule has 7 nitrogen and oxygen atoms in total. The molecule has 0 aliphatic rings. The van der Waals surface area contributed by atoms with E-state index >= 15 is 0 Å². The lowest BCUT2D eigenvalue weighted by molar-refractivity contribution is -0.143. The zero-order valence-corrected chi connectivity index (χ0v) is 17.4. The molecule has 11 heteroatoms. The van der Waals surface area contributed by atoms with Gasteiger partial charge in [0.25, 0.3) is 5.91 Å². The van der Waals surface area contributed by atoms with Gasteiger partial charge in [-0.15, -0.1) is 5.10 Å².